The molecule has 0 aliphatic heterocycles. The molecule has 202 valence electrons. The molecular weight excluding hydrogens is 522 g/mol. The normalized spacial score (nSPS) is 10.9. The van der Waals surface area contributed by atoms with Crippen LogP contribution in [-0.2, 0) is 9.59 Å². The van der Waals surface area contributed by atoms with Crippen LogP contribution in [0.5, 0.6) is 5.75 Å². The van der Waals surface area contributed by atoms with Crippen molar-refractivity contribution in [2.45, 2.75) is 11.8 Å². The maximum atomic E-state index is 13.3. The van der Waals surface area contributed by atoms with Crippen molar-refractivity contribution in [3.8, 4) is 5.75 Å². The summed E-state index contributed by atoms with van der Waals surface area (Å²) >= 11 is 1.34. The Bertz CT molecular complexity index is 1540. The Balaban J connectivity index is 1.44. The summed E-state index contributed by atoms with van der Waals surface area (Å²) in [5, 5.41) is 8.47. The van der Waals surface area contributed by atoms with Crippen LogP contribution in [0.1, 0.15) is 21.5 Å². The molecule has 0 bridgehead atoms. The van der Waals surface area contributed by atoms with E-state index < -0.39 is 5.91 Å². The number of carbonyl (C=O) groups is 3. The predicted molar refractivity (Wildman–Crippen MR) is 160 cm³/mol. The maximum absolute atomic E-state index is 13.3. The molecule has 0 aliphatic rings. The predicted octanol–water partition coefficient (Wildman–Crippen LogP) is 6.14. The van der Waals surface area contributed by atoms with Crippen LogP contribution in [0.4, 0.5) is 11.4 Å². The van der Waals surface area contributed by atoms with E-state index in [1.165, 1.54) is 11.8 Å². The van der Waals surface area contributed by atoms with Crippen molar-refractivity contribution in [1.29, 1.82) is 0 Å². The van der Waals surface area contributed by atoms with Gasteiger partial charge in [0.2, 0.25) is 5.91 Å². The first-order valence-corrected chi connectivity index (χ1v) is 13.5. The lowest BCUT2D eigenvalue weighted by Gasteiger charge is -2.12. The van der Waals surface area contributed by atoms with Crippen LogP contribution in [-0.4, -0.2) is 30.6 Å². The van der Waals surface area contributed by atoms with Crippen LogP contribution in [0.2, 0.25) is 0 Å². The molecule has 0 radical (unpaired) electrons. The van der Waals surface area contributed by atoms with Gasteiger partial charge in [-0.15, -0.1) is 11.8 Å². The molecule has 4 aromatic rings. The van der Waals surface area contributed by atoms with Gasteiger partial charge in [0.05, 0.1) is 12.9 Å². The molecule has 40 heavy (non-hydrogen) atoms. The quantitative estimate of drug-likeness (QED) is 0.162. The number of carbonyl (C=O) groups excluding carboxylic acids is 3. The van der Waals surface area contributed by atoms with Crippen molar-refractivity contribution >= 4 is 46.9 Å². The third kappa shape index (κ3) is 8.34. The third-order valence-corrected chi connectivity index (χ3v) is 6.69. The van der Waals surface area contributed by atoms with Crippen molar-refractivity contribution in [2.75, 3.05) is 23.5 Å². The summed E-state index contributed by atoms with van der Waals surface area (Å²) in [5.74, 6) is -0.186. The molecule has 0 atom stereocenters. The first-order chi connectivity index (χ1) is 19.4. The van der Waals surface area contributed by atoms with Crippen LogP contribution in [0.3, 0.4) is 0 Å². The van der Waals surface area contributed by atoms with Crippen molar-refractivity contribution in [2.24, 2.45) is 0 Å². The number of methoxy groups -OCH3 is 1. The molecule has 0 aromatic heterocycles. The van der Waals surface area contributed by atoms with Crippen molar-refractivity contribution in [3.05, 3.63) is 126 Å². The SMILES string of the molecule is COc1cccc(NC(=O)CSc2cccc(NC(=O)/C(=C\c3cccc(C)c3)NC(=O)c3ccccc3)c2)c1. The lowest BCUT2D eigenvalue weighted by molar-refractivity contribution is -0.114. The van der Waals surface area contributed by atoms with Gasteiger partial charge in [-0.3, -0.25) is 14.4 Å². The Labute approximate surface area is 237 Å². The van der Waals surface area contributed by atoms with Gasteiger partial charge in [-0.05, 0) is 61.0 Å². The van der Waals surface area contributed by atoms with Gasteiger partial charge >= 0.3 is 0 Å². The van der Waals surface area contributed by atoms with Gasteiger partial charge in [0, 0.05) is 27.9 Å². The molecule has 3 amide bonds. The lowest BCUT2D eigenvalue weighted by Crippen LogP contribution is -2.30. The van der Waals surface area contributed by atoms with Crippen LogP contribution < -0.4 is 20.7 Å². The second-order valence-electron chi connectivity index (χ2n) is 8.84. The lowest BCUT2D eigenvalue weighted by atomic mass is 10.1. The summed E-state index contributed by atoms with van der Waals surface area (Å²) in [6.07, 6.45) is 1.64. The van der Waals surface area contributed by atoms with Crippen molar-refractivity contribution in [3.63, 3.8) is 0 Å². The molecule has 0 unspecified atom stereocenters. The van der Waals surface area contributed by atoms with E-state index in [0.29, 0.717) is 22.7 Å². The van der Waals surface area contributed by atoms with Crippen LogP contribution in [0.15, 0.2) is 114 Å². The van der Waals surface area contributed by atoms with Gasteiger partial charge in [-0.25, -0.2) is 0 Å². The second kappa shape index (κ2) is 13.8. The zero-order valence-corrected chi connectivity index (χ0v) is 23.0. The number of hydrogen-bond acceptors (Lipinski definition) is 5. The average molecular weight is 552 g/mol. The fraction of sp³-hybridized carbons (Fsp3) is 0.0938. The van der Waals surface area contributed by atoms with Gasteiger partial charge in [0.1, 0.15) is 11.4 Å². The summed E-state index contributed by atoms with van der Waals surface area (Å²) in [6, 6.07) is 30.7. The van der Waals surface area contributed by atoms with Gasteiger partial charge in [0.25, 0.3) is 11.8 Å². The highest BCUT2D eigenvalue weighted by molar-refractivity contribution is 8.00. The zero-order chi connectivity index (χ0) is 28.3. The standard InChI is InChI=1S/C32H29N3O4S/c1-22-9-6-10-23(17-22)18-29(35-31(37)24-11-4-3-5-12-24)32(38)34-26-14-8-16-28(20-26)40-21-30(36)33-25-13-7-15-27(19-25)39-2/h3-20H,21H2,1-2H3,(H,33,36)(H,34,38)(H,35,37)/b29-18+. The molecular formula is C32H29N3O4S. The number of aryl methyl sites for hydroxylation is 1. The minimum atomic E-state index is -0.469. The molecule has 0 saturated carbocycles. The third-order valence-electron chi connectivity index (χ3n) is 5.70. The number of ether oxygens (including phenoxy) is 1. The highest BCUT2D eigenvalue weighted by Gasteiger charge is 2.15. The molecule has 8 heteroatoms. The van der Waals surface area contributed by atoms with E-state index >= 15 is 0 Å². The molecule has 0 saturated heterocycles. The molecule has 0 spiro atoms. The largest absolute Gasteiger partial charge is 0.497 e. The molecule has 3 N–H and O–H groups in total. The number of thioether (sulfide) groups is 1. The van der Waals surface area contributed by atoms with Crippen LogP contribution >= 0.6 is 11.8 Å². The Hall–Kier alpha value is -4.82. The minimum absolute atomic E-state index is 0.107. The zero-order valence-electron chi connectivity index (χ0n) is 22.1. The smallest absolute Gasteiger partial charge is 0.272 e. The number of rotatable bonds is 10. The van der Waals surface area contributed by atoms with E-state index in [2.05, 4.69) is 16.0 Å². The Kier molecular flexibility index (Phi) is 9.74. The maximum Gasteiger partial charge on any atom is 0.272 e. The molecule has 0 aliphatic carbocycles. The highest BCUT2D eigenvalue weighted by atomic mass is 32.2. The van der Waals surface area contributed by atoms with E-state index in [1.54, 1.807) is 79.9 Å². The van der Waals surface area contributed by atoms with E-state index in [1.807, 2.05) is 43.3 Å². The first-order valence-electron chi connectivity index (χ1n) is 12.5. The second-order valence-corrected chi connectivity index (χ2v) is 9.89. The average Bonchev–Trinajstić information content (AvgIpc) is 2.96. The van der Waals surface area contributed by atoms with E-state index in [0.717, 1.165) is 16.0 Å². The Morgan fingerprint density at radius 1 is 0.800 bits per heavy atom. The van der Waals surface area contributed by atoms with Gasteiger partial charge < -0.3 is 20.7 Å². The number of amides is 3. The van der Waals surface area contributed by atoms with Crippen LogP contribution in [0, 0.1) is 6.92 Å². The summed E-state index contributed by atoms with van der Waals surface area (Å²) < 4.78 is 5.19. The summed E-state index contributed by atoms with van der Waals surface area (Å²) in [4.78, 5) is 39.5. The highest BCUT2D eigenvalue weighted by Crippen LogP contribution is 2.23. The monoisotopic (exact) mass is 551 g/mol. The number of hydrogen-bond donors (Lipinski definition) is 3. The number of anilines is 2. The molecule has 0 heterocycles. The van der Waals surface area contributed by atoms with Crippen molar-refractivity contribution < 1.29 is 19.1 Å². The number of nitrogens with one attached hydrogen (secondary N) is 3. The summed E-state index contributed by atoms with van der Waals surface area (Å²) in [7, 11) is 1.57. The van der Waals surface area contributed by atoms with Crippen LogP contribution in [0.25, 0.3) is 6.08 Å². The Morgan fingerprint density at radius 2 is 1.52 bits per heavy atom. The van der Waals surface area contributed by atoms with Gasteiger partial charge in [-0.1, -0.05) is 60.2 Å². The van der Waals surface area contributed by atoms with E-state index in [9.17, 15) is 14.4 Å². The van der Waals surface area contributed by atoms with Gasteiger partial charge in [-0.2, -0.15) is 0 Å². The summed E-state index contributed by atoms with van der Waals surface area (Å²) in [6.45, 7) is 1.96. The molecule has 4 aromatic carbocycles. The fourth-order valence-electron chi connectivity index (χ4n) is 3.78. The van der Waals surface area contributed by atoms with Crippen molar-refractivity contribution in [1.82, 2.24) is 5.32 Å². The minimum Gasteiger partial charge on any atom is -0.497 e. The van der Waals surface area contributed by atoms with E-state index in [4.69, 9.17) is 4.74 Å². The first kappa shape index (κ1) is 28.2. The Morgan fingerprint density at radius 3 is 2.27 bits per heavy atom. The molecule has 7 nitrogen and oxygen atoms in total. The number of benzene rings is 4. The molecule has 0 fully saturated rings. The fourth-order valence-corrected chi connectivity index (χ4v) is 4.53. The van der Waals surface area contributed by atoms with E-state index in [-0.39, 0.29) is 23.3 Å². The summed E-state index contributed by atoms with van der Waals surface area (Å²) in [5.41, 5.74) is 3.54. The topological polar surface area (TPSA) is 96.5 Å². The molecule has 4 rings (SSSR count). The van der Waals surface area contributed by atoms with Gasteiger partial charge in [0.15, 0.2) is 0 Å².